The molecule has 1 N–H and O–H groups in total. The zero-order valence-corrected chi connectivity index (χ0v) is 25.1. The second kappa shape index (κ2) is 21.1. The molecule has 41 heavy (non-hydrogen) atoms. The summed E-state index contributed by atoms with van der Waals surface area (Å²) < 4.78 is 25.2. The van der Waals surface area contributed by atoms with Gasteiger partial charge >= 0.3 is 0 Å². The van der Waals surface area contributed by atoms with Crippen molar-refractivity contribution < 1.29 is 18.6 Å². The van der Waals surface area contributed by atoms with E-state index >= 15 is 0 Å². The fraction of sp³-hybridized carbons (Fsp3) is 0.517. The van der Waals surface area contributed by atoms with Crippen LogP contribution in [0.1, 0.15) is 62.5 Å². The third-order valence-corrected chi connectivity index (χ3v) is 6.67. The van der Waals surface area contributed by atoms with Crippen LogP contribution in [-0.2, 0) is 13.1 Å². The van der Waals surface area contributed by atoms with E-state index in [1.807, 2.05) is 19.0 Å². The normalized spacial score (nSPS) is 17.9. The Bertz CT molecular complexity index is 1060. The molecule has 0 bridgehead atoms. The third kappa shape index (κ3) is 15.2. The largest absolute Gasteiger partial charge is 0.316 e. The number of hydrogen-bond acceptors (Lipinski definition) is 6. The molecule has 228 valence electrons. The molecule has 4 rings (SSSR count). The number of halogens is 4. The predicted molar refractivity (Wildman–Crippen MR) is 160 cm³/mol. The van der Waals surface area contributed by atoms with E-state index < -0.39 is 6.04 Å². The van der Waals surface area contributed by atoms with Crippen LogP contribution in [-0.4, -0.2) is 46.3 Å². The molecule has 0 amide bonds. The zero-order chi connectivity index (χ0) is 30.6. The lowest BCUT2D eigenvalue weighted by atomic mass is 9.89. The molecule has 0 unspecified atom stereocenters. The van der Waals surface area contributed by atoms with Crippen molar-refractivity contribution in [3.63, 3.8) is 0 Å². The maximum atomic E-state index is 12.8. The second-order valence-corrected chi connectivity index (χ2v) is 10.5. The van der Waals surface area contributed by atoms with Crippen molar-refractivity contribution in [3.8, 4) is 0 Å². The minimum atomic E-state index is -0.473. The van der Waals surface area contributed by atoms with E-state index in [0.717, 1.165) is 56.2 Å². The quantitative estimate of drug-likeness (QED) is 0.196. The lowest BCUT2D eigenvalue weighted by Crippen LogP contribution is -2.46. The first kappa shape index (κ1) is 36.4. The summed E-state index contributed by atoms with van der Waals surface area (Å²) in [5.74, 6) is -0.438. The molecule has 0 spiro atoms. The van der Waals surface area contributed by atoms with Crippen molar-refractivity contribution in [3.05, 3.63) is 103 Å². The van der Waals surface area contributed by atoms with Gasteiger partial charge in [0.05, 0.1) is 16.3 Å². The maximum absolute atomic E-state index is 12.8. The Morgan fingerprint density at radius 2 is 1.44 bits per heavy atom. The van der Waals surface area contributed by atoms with Gasteiger partial charge in [0, 0.05) is 30.9 Å². The van der Waals surface area contributed by atoms with E-state index in [4.69, 9.17) is 23.2 Å². The fourth-order valence-corrected chi connectivity index (χ4v) is 4.64. The van der Waals surface area contributed by atoms with Crippen molar-refractivity contribution in [1.29, 1.82) is 0 Å². The smallest absolute Gasteiger partial charge is 0.242 e. The van der Waals surface area contributed by atoms with Gasteiger partial charge in [0.15, 0.2) is 0 Å². The second-order valence-electron chi connectivity index (χ2n) is 9.70. The highest BCUT2D eigenvalue weighted by Gasteiger charge is 2.36. The first-order chi connectivity index (χ1) is 19.6. The minimum absolute atomic E-state index is 0.0196. The maximum Gasteiger partial charge on any atom is 0.242 e. The fourth-order valence-electron chi connectivity index (χ4n) is 4.64. The Morgan fingerprint density at radius 1 is 0.902 bits per heavy atom. The number of nitro groups is 2. The molecule has 0 aromatic heterocycles. The summed E-state index contributed by atoms with van der Waals surface area (Å²) in [6.45, 7) is 1.41. The summed E-state index contributed by atoms with van der Waals surface area (Å²) in [4.78, 5) is 22.8. The van der Waals surface area contributed by atoms with Crippen molar-refractivity contribution in [2.24, 2.45) is 0 Å². The molecule has 8 nitrogen and oxygen atoms in total. The molecule has 2 aliphatic carbocycles. The van der Waals surface area contributed by atoms with E-state index in [9.17, 15) is 29.0 Å². The Labute approximate surface area is 251 Å². The summed E-state index contributed by atoms with van der Waals surface area (Å²) in [5, 5.41) is 24.4. The van der Waals surface area contributed by atoms with Crippen molar-refractivity contribution in [2.45, 2.75) is 76.5 Å². The van der Waals surface area contributed by atoms with Gasteiger partial charge in [0.1, 0.15) is 11.6 Å². The molecule has 2 aromatic rings. The first-order valence-corrected chi connectivity index (χ1v) is 14.6. The number of alkyl halides is 2. The van der Waals surface area contributed by atoms with Crippen molar-refractivity contribution >= 4 is 23.2 Å². The standard InChI is InChI=1S/C14H19FN2O2.C8H10FN.C6H9NO2.CH2Cl2/c1-16(10-11-6-8-12(15)9-7-11)13-4-2-3-5-14(13)17(18)19;1-10-6-7-2-4-8(9)5-3-7;8-7(9)6-4-2-1-3-5-6;2-1-3/h6-9,13-14H,2-5,10H2,1H3;2-5,10H,6H2,1H3;4H,1-3,5H2;1H2/t13-,14-;;;/m1.../s1. The Kier molecular flexibility index (Phi) is 18.7. The lowest BCUT2D eigenvalue weighted by Gasteiger charge is -2.33. The highest BCUT2D eigenvalue weighted by atomic mass is 35.5. The molecule has 0 saturated heterocycles. The summed E-state index contributed by atoms with van der Waals surface area (Å²) in [7, 11) is 3.78. The van der Waals surface area contributed by atoms with Gasteiger partial charge in [-0.15, -0.1) is 23.2 Å². The van der Waals surface area contributed by atoms with Gasteiger partial charge in [0.2, 0.25) is 11.7 Å². The predicted octanol–water partition coefficient (Wildman–Crippen LogP) is 7.53. The SMILES string of the molecule is CN(Cc1ccc(F)cc1)[C@@H]1CCCC[C@H]1[N+](=O)[O-].CNCc1ccc(F)cc1.ClCCl.O=[N+]([O-])C1=CCCCC1. The molecule has 0 radical (unpaired) electrons. The van der Waals surface area contributed by atoms with E-state index in [-0.39, 0.29) is 32.9 Å². The molecule has 1 fully saturated rings. The summed E-state index contributed by atoms with van der Waals surface area (Å²) >= 11 is 9.53. The van der Waals surface area contributed by atoms with Crippen LogP contribution in [0.5, 0.6) is 0 Å². The topological polar surface area (TPSA) is 102 Å². The Morgan fingerprint density at radius 3 is 1.88 bits per heavy atom. The molecule has 0 heterocycles. The van der Waals surface area contributed by atoms with E-state index in [0.29, 0.717) is 25.1 Å². The van der Waals surface area contributed by atoms with Crippen LogP contribution in [0.2, 0.25) is 0 Å². The van der Waals surface area contributed by atoms with Gasteiger partial charge < -0.3 is 5.32 Å². The molecule has 2 aromatic carbocycles. The van der Waals surface area contributed by atoms with Gasteiger partial charge in [0.25, 0.3) is 0 Å². The van der Waals surface area contributed by atoms with Crippen LogP contribution in [0.15, 0.2) is 60.3 Å². The van der Waals surface area contributed by atoms with Gasteiger partial charge in [-0.1, -0.05) is 30.7 Å². The third-order valence-electron chi connectivity index (χ3n) is 6.67. The summed E-state index contributed by atoms with van der Waals surface area (Å²) in [5.41, 5.74) is 2.49. The van der Waals surface area contributed by atoms with E-state index in [2.05, 4.69) is 5.32 Å². The highest BCUT2D eigenvalue weighted by Crippen LogP contribution is 2.25. The van der Waals surface area contributed by atoms with Crippen LogP contribution >= 0.6 is 23.2 Å². The molecule has 12 heteroatoms. The van der Waals surface area contributed by atoms with Crippen LogP contribution in [0.3, 0.4) is 0 Å². The van der Waals surface area contributed by atoms with Crippen LogP contribution in [0, 0.1) is 31.9 Å². The summed E-state index contributed by atoms with van der Waals surface area (Å²) in [6, 6.07) is 12.3. The lowest BCUT2D eigenvalue weighted by molar-refractivity contribution is -0.533. The van der Waals surface area contributed by atoms with Crippen molar-refractivity contribution in [1.82, 2.24) is 10.2 Å². The molecule has 1 saturated carbocycles. The Balaban J connectivity index is 0.000000321. The van der Waals surface area contributed by atoms with Crippen LogP contribution in [0.25, 0.3) is 0 Å². The van der Waals surface area contributed by atoms with Gasteiger partial charge in [-0.05, 0) is 87.7 Å². The molecule has 2 aliphatic rings. The first-order valence-electron chi connectivity index (χ1n) is 13.5. The number of likely N-dealkylation sites (N-methyl/N-ethyl adjacent to an activating group) is 1. The average Bonchev–Trinajstić information content (AvgIpc) is 2.97. The highest BCUT2D eigenvalue weighted by molar-refractivity contribution is 6.40. The molecular weight excluding hydrogens is 577 g/mol. The van der Waals surface area contributed by atoms with Gasteiger partial charge in [-0.3, -0.25) is 25.1 Å². The number of hydrogen-bond donors (Lipinski definition) is 1. The zero-order valence-electron chi connectivity index (χ0n) is 23.6. The van der Waals surface area contributed by atoms with Crippen molar-refractivity contribution in [2.75, 3.05) is 19.4 Å². The number of nitrogens with one attached hydrogen (secondary N) is 1. The van der Waals surface area contributed by atoms with Crippen LogP contribution < -0.4 is 5.32 Å². The number of allylic oxidation sites excluding steroid dienone is 2. The number of rotatable bonds is 7. The molecular formula is C29H40Cl2F2N4O4. The van der Waals surface area contributed by atoms with Gasteiger partial charge in [-0.25, -0.2) is 8.78 Å². The average molecular weight is 618 g/mol. The number of benzene rings is 2. The molecule has 2 atom stereocenters. The Hall–Kier alpha value is -2.66. The van der Waals surface area contributed by atoms with Crippen LogP contribution in [0.4, 0.5) is 8.78 Å². The monoisotopic (exact) mass is 616 g/mol. The summed E-state index contributed by atoms with van der Waals surface area (Å²) in [6.07, 6.45) is 8.86. The van der Waals surface area contributed by atoms with E-state index in [1.54, 1.807) is 30.3 Å². The number of nitrogens with zero attached hydrogens (tertiary/aromatic N) is 3. The van der Waals surface area contributed by atoms with Gasteiger partial charge in [-0.2, -0.15) is 0 Å². The molecule has 0 aliphatic heterocycles. The van der Waals surface area contributed by atoms with E-state index in [1.165, 1.54) is 24.3 Å². The minimum Gasteiger partial charge on any atom is -0.316 e.